The van der Waals surface area contributed by atoms with Gasteiger partial charge in [0.2, 0.25) is 0 Å². The van der Waals surface area contributed by atoms with Crippen molar-refractivity contribution in [3.05, 3.63) is 162 Å². The summed E-state index contributed by atoms with van der Waals surface area (Å²) in [7, 11) is 0. The molecule has 0 aliphatic carbocycles. The van der Waals surface area contributed by atoms with Crippen molar-refractivity contribution in [3.63, 3.8) is 0 Å². The van der Waals surface area contributed by atoms with Crippen LogP contribution < -0.4 is 0 Å². The second-order valence-corrected chi connectivity index (χ2v) is 13.8. The highest BCUT2D eigenvalue weighted by Gasteiger charge is 2.35. The van der Waals surface area contributed by atoms with Gasteiger partial charge in [0.25, 0.3) is 0 Å². The van der Waals surface area contributed by atoms with Crippen molar-refractivity contribution in [1.82, 2.24) is 0 Å². The number of benzene rings is 5. The van der Waals surface area contributed by atoms with Crippen LogP contribution in [0.2, 0.25) is 0 Å². The third-order valence-corrected chi connectivity index (χ3v) is 10.3. The molecule has 4 heteroatoms. The van der Waals surface area contributed by atoms with Gasteiger partial charge < -0.3 is 5.11 Å². The molecule has 0 saturated heterocycles. The molecule has 49 heavy (non-hydrogen) atoms. The molecule has 0 fully saturated rings. The summed E-state index contributed by atoms with van der Waals surface area (Å²) >= 11 is 0. The molecule has 0 amide bonds. The Labute approximate surface area is 292 Å². The lowest BCUT2D eigenvalue weighted by atomic mass is 9.85. The second-order valence-electron chi connectivity index (χ2n) is 13.8. The van der Waals surface area contributed by atoms with E-state index in [0.29, 0.717) is 22.3 Å². The van der Waals surface area contributed by atoms with Crippen LogP contribution in [-0.4, -0.2) is 5.11 Å². The van der Waals surface area contributed by atoms with Gasteiger partial charge in [-0.1, -0.05) is 78.9 Å². The Kier molecular flexibility index (Phi) is 12.5. The van der Waals surface area contributed by atoms with E-state index in [4.69, 9.17) is 0 Å². The standard InChI is InChI=1S/C18H22O.C16H18.C11H13F3/c1-12-6-8-16(10-14(12)3)18(5,19)17-9-7-13(2)15(4)11-17;1-11-7-5-9-15(13(11)3)16-10-6-8-12(2)14(16)4;1-6-5-7(2)9(4)10(8(6)3)11(12,13)14/h6-11,19H,1-5H3;5-10H,1-4H3;5H,1-4H3. The van der Waals surface area contributed by atoms with Crippen LogP contribution in [-0.2, 0) is 11.8 Å². The van der Waals surface area contributed by atoms with E-state index in [1.807, 2.05) is 19.1 Å². The van der Waals surface area contributed by atoms with E-state index in [0.717, 1.165) is 11.1 Å². The SMILES string of the molecule is Cc1cc(C)c(C)c(C(F)(F)F)c1C.Cc1ccc(C(C)(O)c2ccc(C)c(C)c2)cc1C.Cc1cccc(-c2cccc(C)c2C)c1C. The fourth-order valence-electron chi connectivity index (χ4n) is 5.98. The molecule has 0 aromatic heterocycles. The van der Waals surface area contributed by atoms with Gasteiger partial charge in [-0.15, -0.1) is 0 Å². The van der Waals surface area contributed by atoms with E-state index in [9.17, 15) is 18.3 Å². The lowest BCUT2D eigenvalue weighted by Crippen LogP contribution is -2.23. The Morgan fingerprint density at radius 2 is 0.776 bits per heavy atom. The van der Waals surface area contributed by atoms with Crippen LogP contribution >= 0.6 is 0 Å². The van der Waals surface area contributed by atoms with Crippen molar-refractivity contribution in [2.24, 2.45) is 0 Å². The van der Waals surface area contributed by atoms with Gasteiger partial charge in [-0.25, -0.2) is 0 Å². The largest absolute Gasteiger partial charge is 0.416 e. The summed E-state index contributed by atoms with van der Waals surface area (Å²) in [6, 6.07) is 27.1. The zero-order valence-corrected chi connectivity index (χ0v) is 31.6. The molecule has 260 valence electrons. The normalized spacial score (nSPS) is 11.4. The van der Waals surface area contributed by atoms with Gasteiger partial charge in [-0.2, -0.15) is 13.2 Å². The van der Waals surface area contributed by atoms with Crippen LogP contribution in [0, 0.1) is 83.1 Å². The summed E-state index contributed by atoms with van der Waals surface area (Å²) in [6.07, 6.45) is -4.25. The van der Waals surface area contributed by atoms with Crippen LogP contribution in [0.5, 0.6) is 0 Å². The first-order valence-corrected chi connectivity index (χ1v) is 16.8. The minimum absolute atomic E-state index is 0.334. The molecule has 0 spiro atoms. The molecule has 5 rings (SSSR count). The second kappa shape index (κ2) is 15.6. The van der Waals surface area contributed by atoms with Crippen LogP contribution in [0.4, 0.5) is 13.2 Å². The molecule has 0 aliphatic heterocycles. The maximum atomic E-state index is 12.7. The molecular formula is C45H53F3O. The summed E-state index contributed by atoms with van der Waals surface area (Å²) in [5.74, 6) is 0. The number of aliphatic hydroxyl groups is 1. The van der Waals surface area contributed by atoms with E-state index < -0.39 is 17.3 Å². The van der Waals surface area contributed by atoms with Crippen molar-refractivity contribution in [2.75, 3.05) is 0 Å². The minimum atomic E-state index is -4.25. The van der Waals surface area contributed by atoms with Gasteiger partial charge in [-0.05, 0) is 179 Å². The lowest BCUT2D eigenvalue weighted by molar-refractivity contribution is -0.138. The van der Waals surface area contributed by atoms with Gasteiger partial charge in [0, 0.05) is 0 Å². The summed E-state index contributed by atoms with van der Waals surface area (Å²) in [4.78, 5) is 0. The predicted molar refractivity (Wildman–Crippen MR) is 202 cm³/mol. The van der Waals surface area contributed by atoms with Crippen molar-refractivity contribution in [2.45, 2.75) is 102 Å². The van der Waals surface area contributed by atoms with E-state index in [-0.39, 0.29) is 0 Å². The van der Waals surface area contributed by atoms with Crippen molar-refractivity contribution < 1.29 is 18.3 Å². The number of rotatable bonds is 3. The number of alkyl halides is 3. The van der Waals surface area contributed by atoms with Crippen LogP contribution in [0.1, 0.15) is 90.4 Å². The lowest BCUT2D eigenvalue weighted by Gasteiger charge is -2.26. The highest BCUT2D eigenvalue weighted by molar-refractivity contribution is 5.72. The Balaban J connectivity index is 0.000000202. The summed E-state index contributed by atoms with van der Waals surface area (Å²) in [5.41, 5.74) is 15.7. The quantitative estimate of drug-likeness (QED) is 0.203. The van der Waals surface area contributed by atoms with Gasteiger partial charge in [0.05, 0.1) is 5.56 Å². The van der Waals surface area contributed by atoms with Crippen LogP contribution in [0.15, 0.2) is 78.9 Å². The Bertz CT molecular complexity index is 1810. The van der Waals surface area contributed by atoms with E-state index in [1.54, 1.807) is 19.9 Å². The zero-order valence-electron chi connectivity index (χ0n) is 31.6. The molecule has 1 nitrogen and oxygen atoms in total. The summed E-state index contributed by atoms with van der Waals surface area (Å²) in [5, 5.41) is 10.9. The molecule has 5 aromatic rings. The molecule has 0 saturated carbocycles. The highest BCUT2D eigenvalue weighted by Crippen LogP contribution is 2.37. The van der Waals surface area contributed by atoms with Crippen LogP contribution in [0.25, 0.3) is 11.1 Å². The smallest absolute Gasteiger partial charge is 0.381 e. The van der Waals surface area contributed by atoms with Gasteiger partial charge in [0.15, 0.2) is 0 Å². The summed E-state index contributed by atoms with van der Waals surface area (Å²) < 4.78 is 38.0. The molecule has 0 unspecified atom stereocenters. The molecule has 5 aromatic carbocycles. The van der Waals surface area contributed by atoms with E-state index in [1.165, 1.54) is 69.5 Å². The molecule has 0 radical (unpaired) electrons. The average molecular weight is 667 g/mol. The summed E-state index contributed by atoms with van der Waals surface area (Å²) in [6.45, 7) is 25.4. The third kappa shape index (κ3) is 9.10. The van der Waals surface area contributed by atoms with E-state index >= 15 is 0 Å². The minimum Gasteiger partial charge on any atom is -0.381 e. The topological polar surface area (TPSA) is 20.2 Å². The fraction of sp³-hybridized carbons (Fsp3) is 0.333. The third-order valence-electron chi connectivity index (χ3n) is 10.3. The molecule has 0 aliphatic rings. The first-order valence-electron chi connectivity index (χ1n) is 16.8. The molecule has 1 N–H and O–H groups in total. The number of halogens is 3. The van der Waals surface area contributed by atoms with Gasteiger partial charge in [-0.3, -0.25) is 0 Å². The molecule has 0 heterocycles. The maximum Gasteiger partial charge on any atom is 0.416 e. The molecule has 0 atom stereocenters. The number of aryl methyl sites for hydroxylation is 8. The van der Waals surface area contributed by atoms with E-state index in [2.05, 4.69) is 116 Å². The maximum absolute atomic E-state index is 12.7. The number of hydrogen-bond acceptors (Lipinski definition) is 1. The first-order chi connectivity index (χ1) is 22.7. The Hall–Kier alpha value is -4.15. The van der Waals surface area contributed by atoms with Crippen molar-refractivity contribution in [3.8, 4) is 11.1 Å². The predicted octanol–water partition coefficient (Wildman–Crippen LogP) is 12.7. The molecular weight excluding hydrogens is 613 g/mol. The first kappa shape index (κ1) is 39.3. The average Bonchev–Trinajstić information content (AvgIpc) is 3.02. The monoisotopic (exact) mass is 666 g/mol. The zero-order chi connectivity index (χ0) is 37.0. The fourth-order valence-corrected chi connectivity index (χ4v) is 5.98. The highest BCUT2D eigenvalue weighted by atomic mass is 19.4. The number of hydrogen-bond donors (Lipinski definition) is 1. The van der Waals surface area contributed by atoms with Crippen molar-refractivity contribution >= 4 is 0 Å². The van der Waals surface area contributed by atoms with Crippen LogP contribution in [0.3, 0.4) is 0 Å². The van der Waals surface area contributed by atoms with Gasteiger partial charge in [0.1, 0.15) is 5.60 Å². The van der Waals surface area contributed by atoms with Gasteiger partial charge >= 0.3 is 6.18 Å². The molecule has 0 bridgehead atoms. The Morgan fingerprint density at radius 1 is 0.408 bits per heavy atom. The van der Waals surface area contributed by atoms with Crippen molar-refractivity contribution in [1.29, 1.82) is 0 Å². The Morgan fingerprint density at radius 3 is 1.10 bits per heavy atom.